The van der Waals surface area contributed by atoms with Crippen LogP contribution in [0.5, 0.6) is 0 Å². The van der Waals surface area contributed by atoms with Gasteiger partial charge in [0, 0.05) is 41.9 Å². The van der Waals surface area contributed by atoms with E-state index in [0.717, 1.165) is 44.7 Å². The van der Waals surface area contributed by atoms with Crippen molar-refractivity contribution in [3.8, 4) is 0 Å². The number of anilines is 2. The summed E-state index contributed by atoms with van der Waals surface area (Å²) in [5, 5.41) is 5.28. The van der Waals surface area contributed by atoms with E-state index in [1.807, 2.05) is 24.0 Å². The summed E-state index contributed by atoms with van der Waals surface area (Å²) in [4.78, 5) is 21.3. The molecule has 2 heterocycles. The second-order valence-electron chi connectivity index (χ2n) is 6.43. The monoisotopic (exact) mass is 420 g/mol. The first-order chi connectivity index (χ1) is 13.0. The molecule has 1 aliphatic rings. The fraction of sp³-hybridized carbons (Fsp3) is 0.263. The van der Waals surface area contributed by atoms with E-state index in [0.29, 0.717) is 18.1 Å². The number of thiazole rings is 1. The van der Waals surface area contributed by atoms with Crippen LogP contribution in [0, 0.1) is 6.92 Å². The third-order valence-electron chi connectivity index (χ3n) is 4.67. The van der Waals surface area contributed by atoms with Crippen molar-refractivity contribution in [3.63, 3.8) is 0 Å². The molecule has 140 valence electrons. The molecule has 1 N–H and O–H groups in total. The Morgan fingerprint density at radius 1 is 1.07 bits per heavy atom. The Morgan fingerprint density at radius 2 is 1.78 bits per heavy atom. The van der Waals surface area contributed by atoms with Crippen LogP contribution in [0.15, 0.2) is 36.4 Å². The maximum Gasteiger partial charge on any atom is 0.321 e. The molecular weight excluding hydrogens is 403 g/mol. The second-order valence-corrected chi connectivity index (χ2v) is 8.28. The number of urea groups is 1. The van der Waals surface area contributed by atoms with Gasteiger partial charge in [-0.2, -0.15) is 0 Å². The first kappa shape index (κ1) is 18.3. The SMILES string of the molecule is Cc1c(Cl)ccc2sc(N3CCN(C(=O)Nc4ccc(Cl)cc4)CC3)nc12. The van der Waals surface area contributed by atoms with Crippen molar-refractivity contribution in [3.05, 3.63) is 52.0 Å². The lowest BCUT2D eigenvalue weighted by atomic mass is 10.2. The number of carbonyl (C=O) groups excluding carboxylic acids is 1. The molecule has 0 radical (unpaired) electrons. The van der Waals surface area contributed by atoms with E-state index in [4.69, 9.17) is 28.2 Å². The van der Waals surface area contributed by atoms with E-state index < -0.39 is 0 Å². The molecular formula is C19H18Cl2N4OS. The minimum atomic E-state index is -0.0936. The number of aromatic nitrogens is 1. The van der Waals surface area contributed by atoms with Crippen LogP contribution in [-0.2, 0) is 0 Å². The molecule has 0 unspecified atom stereocenters. The highest BCUT2D eigenvalue weighted by atomic mass is 35.5. The number of benzene rings is 2. The number of amides is 2. The highest BCUT2D eigenvalue weighted by Gasteiger charge is 2.23. The lowest BCUT2D eigenvalue weighted by Crippen LogP contribution is -2.50. The molecule has 1 aliphatic heterocycles. The van der Waals surface area contributed by atoms with Gasteiger partial charge in [0.1, 0.15) is 0 Å². The highest BCUT2D eigenvalue weighted by molar-refractivity contribution is 7.22. The van der Waals surface area contributed by atoms with Crippen molar-refractivity contribution in [2.75, 3.05) is 36.4 Å². The zero-order valence-electron chi connectivity index (χ0n) is 14.7. The maximum atomic E-state index is 12.5. The number of rotatable bonds is 2. The van der Waals surface area contributed by atoms with Crippen LogP contribution in [0.1, 0.15) is 5.56 Å². The molecule has 8 heteroatoms. The van der Waals surface area contributed by atoms with Gasteiger partial charge in [-0.05, 0) is 48.9 Å². The summed E-state index contributed by atoms with van der Waals surface area (Å²) in [6.07, 6.45) is 0. The number of halogens is 2. The summed E-state index contributed by atoms with van der Waals surface area (Å²) in [6, 6.07) is 11.0. The lowest BCUT2D eigenvalue weighted by Gasteiger charge is -2.34. The molecule has 2 aromatic carbocycles. The summed E-state index contributed by atoms with van der Waals surface area (Å²) in [5.41, 5.74) is 2.72. The van der Waals surface area contributed by atoms with E-state index in [1.54, 1.807) is 35.6 Å². The number of hydrogen-bond donors (Lipinski definition) is 1. The number of piperazine rings is 1. The zero-order valence-corrected chi connectivity index (χ0v) is 17.0. The standard InChI is InChI=1S/C19H18Cl2N4OS/c1-12-15(21)6-7-16-17(12)23-19(27-16)25-10-8-24(9-11-25)18(26)22-14-4-2-13(20)3-5-14/h2-7H,8-11H2,1H3,(H,22,26). The van der Waals surface area contributed by atoms with Crippen LogP contribution >= 0.6 is 34.5 Å². The zero-order chi connectivity index (χ0) is 19.0. The molecule has 0 saturated carbocycles. The van der Waals surface area contributed by atoms with Gasteiger partial charge in [-0.1, -0.05) is 34.5 Å². The first-order valence-electron chi connectivity index (χ1n) is 8.63. The third kappa shape index (κ3) is 3.83. The predicted molar refractivity (Wildman–Crippen MR) is 114 cm³/mol. The largest absolute Gasteiger partial charge is 0.345 e. The van der Waals surface area contributed by atoms with E-state index in [1.165, 1.54) is 0 Å². The minimum Gasteiger partial charge on any atom is -0.345 e. The first-order valence-corrected chi connectivity index (χ1v) is 10.2. The van der Waals surface area contributed by atoms with Gasteiger partial charge < -0.3 is 15.1 Å². The van der Waals surface area contributed by atoms with Crippen LogP contribution < -0.4 is 10.2 Å². The average Bonchev–Trinajstić information content (AvgIpc) is 3.12. The molecule has 3 aromatic rings. The van der Waals surface area contributed by atoms with Crippen LogP contribution in [0.3, 0.4) is 0 Å². The van der Waals surface area contributed by atoms with Crippen molar-refractivity contribution in [1.29, 1.82) is 0 Å². The Kier molecular flexibility index (Phi) is 5.12. The third-order valence-corrected chi connectivity index (χ3v) is 6.41. The Bertz CT molecular complexity index is 981. The Morgan fingerprint density at radius 3 is 2.48 bits per heavy atom. The molecule has 1 fully saturated rings. The fourth-order valence-corrected chi connectivity index (χ4v) is 4.42. The fourth-order valence-electron chi connectivity index (χ4n) is 3.06. The lowest BCUT2D eigenvalue weighted by molar-refractivity contribution is 0.208. The van der Waals surface area contributed by atoms with Gasteiger partial charge >= 0.3 is 6.03 Å². The van der Waals surface area contributed by atoms with E-state index in [-0.39, 0.29) is 6.03 Å². The molecule has 27 heavy (non-hydrogen) atoms. The van der Waals surface area contributed by atoms with Gasteiger partial charge in [-0.3, -0.25) is 0 Å². The van der Waals surface area contributed by atoms with Crippen LogP contribution in [0.25, 0.3) is 10.2 Å². The number of hydrogen-bond acceptors (Lipinski definition) is 4. The summed E-state index contributed by atoms with van der Waals surface area (Å²) in [6.45, 7) is 4.79. The topological polar surface area (TPSA) is 48.5 Å². The predicted octanol–water partition coefficient (Wildman–Crippen LogP) is 5.27. The van der Waals surface area contributed by atoms with Crippen molar-refractivity contribution < 1.29 is 4.79 Å². The maximum absolute atomic E-state index is 12.5. The van der Waals surface area contributed by atoms with Crippen molar-refractivity contribution in [2.45, 2.75) is 6.92 Å². The van der Waals surface area contributed by atoms with Crippen molar-refractivity contribution in [1.82, 2.24) is 9.88 Å². The Hall–Kier alpha value is -2.02. The summed E-state index contributed by atoms with van der Waals surface area (Å²) in [5.74, 6) is 0. The molecule has 4 rings (SSSR count). The second kappa shape index (κ2) is 7.54. The molecule has 1 saturated heterocycles. The molecule has 1 aromatic heterocycles. The Balaban J connectivity index is 1.40. The van der Waals surface area contributed by atoms with Gasteiger partial charge in [-0.15, -0.1) is 0 Å². The molecule has 2 amide bonds. The number of fused-ring (bicyclic) bond motifs is 1. The van der Waals surface area contributed by atoms with E-state index in [9.17, 15) is 4.79 Å². The minimum absolute atomic E-state index is 0.0936. The number of nitrogens with zero attached hydrogens (tertiary/aromatic N) is 3. The van der Waals surface area contributed by atoms with Gasteiger partial charge in [0.2, 0.25) is 0 Å². The number of aryl methyl sites for hydroxylation is 1. The van der Waals surface area contributed by atoms with Gasteiger partial charge in [0.05, 0.1) is 10.2 Å². The van der Waals surface area contributed by atoms with E-state index in [2.05, 4.69) is 10.2 Å². The quantitative estimate of drug-likeness (QED) is 0.614. The normalized spacial score (nSPS) is 14.6. The molecule has 0 spiro atoms. The van der Waals surface area contributed by atoms with Crippen LogP contribution in [0.4, 0.5) is 15.6 Å². The van der Waals surface area contributed by atoms with Crippen LogP contribution in [0.2, 0.25) is 10.0 Å². The molecule has 5 nitrogen and oxygen atoms in total. The van der Waals surface area contributed by atoms with Gasteiger partial charge in [0.15, 0.2) is 5.13 Å². The summed E-state index contributed by atoms with van der Waals surface area (Å²) >= 11 is 13.7. The van der Waals surface area contributed by atoms with Gasteiger partial charge in [-0.25, -0.2) is 9.78 Å². The van der Waals surface area contributed by atoms with Crippen LogP contribution in [-0.4, -0.2) is 42.1 Å². The Labute approximate surface area is 171 Å². The van der Waals surface area contributed by atoms with Crippen molar-refractivity contribution >= 4 is 61.6 Å². The summed E-state index contributed by atoms with van der Waals surface area (Å²) < 4.78 is 1.13. The smallest absolute Gasteiger partial charge is 0.321 e. The molecule has 0 aliphatic carbocycles. The number of nitrogens with one attached hydrogen (secondary N) is 1. The average molecular weight is 421 g/mol. The molecule has 0 bridgehead atoms. The number of carbonyl (C=O) groups is 1. The van der Waals surface area contributed by atoms with Gasteiger partial charge in [0.25, 0.3) is 0 Å². The highest BCUT2D eigenvalue weighted by Crippen LogP contribution is 2.33. The van der Waals surface area contributed by atoms with Crippen molar-refractivity contribution in [2.24, 2.45) is 0 Å². The molecule has 0 atom stereocenters. The summed E-state index contributed by atoms with van der Waals surface area (Å²) in [7, 11) is 0. The van der Waals surface area contributed by atoms with E-state index >= 15 is 0 Å².